The normalized spacial score (nSPS) is 10.8. The zero-order valence-corrected chi connectivity index (χ0v) is 11.1. The first kappa shape index (κ1) is 12.1. The predicted molar refractivity (Wildman–Crippen MR) is 78.4 cm³/mol. The minimum atomic E-state index is 0.777. The molecule has 19 heavy (non-hydrogen) atoms. The Morgan fingerprint density at radius 2 is 1.68 bits per heavy atom. The van der Waals surface area contributed by atoms with Gasteiger partial charge in [-0.15, -0.1) is 0 Å². The molecule has 94 valence electrons. The molecule has 0 saturated carbocycles. The fourth-order valence-electron chi connectivity index (χ4n) is 2.06. The highest BCUT2D eigenvalue weighted by Gasteiger charge is 2.00. The van der Waals surface area contributed by atoms with E-state index >= 15 is 0 Å². The van der Waals surface area contributed by atoms with Gasteiger partial charge in [-0.3, -0.25) is 9.97 Å². The second kappa shape index (κ2) is 5.37. The van der Waals surface area contributed by atoms with E-state index in [1.165, 1.54) is 5.56 Å². The molecule has 0 saturated heterocycles. The number of aromatic nitrogens is 2. The molecule has 2 heterocycles. The van der Waals surface area contributed by atoms with Crippen LogP contribution >= 0.6 is 11.6 Å². The Balaban J connectivity index is 1.76. The zero-order chi connectivity index (χ0) is 13.1. The van der Waals surface area contributed by atoms with E-state index in [2.05, 4.69) is 22.1 Å². The molecule has 3 rings (SSSR count). The second-order valence-corrected chi connectivity index (χ2v) is 4.91. The first-order chi connectivity index (χ1) is 9.31. The largest absolute Gasteiger partial charge is 0.255 e. The lowest BCUT2D eigenvalue weighted by Gasteiger charge is -2.03. The molecule has 0 spiro atoms. The summed E-state index contributed by atoms with van der Waals surface area (Å²) in [4.78, 5) is 8.89. The smallest absolute Gasteiger partial charge is 0.0889 e. The van der Waals surface area contributed by atoms with Gasteiger partial charge in [0.25, 0.3) is 0 Å². The summed E-state index contributed by atoms with van der Waals surface area (Å²) in [5.41, 5.74) is 4.27. The molecule has 0 fully saturated rings. The molecule has 3 aromatic rings. The lowest BCUT2D eigenvalue weighted by molar-refractivity contribution is 0.922. The van der Waals surface area contributed by atoms with Gasteiger partial charge in [0, 0.05) is 16.9 Å². The number of hydrogen-bond donors (Lipinski definition) is 0. The van der Waals surface area contributed by atoms with Gasteiger partial charge < -0.3 is 0 Å². The van der Waals surface area contributed by atoms with Crippen LogP contribution in [0.1, 0.15) is 11.3 Å². The number of aryl methyl sites for hydroxylation is 2. The third-order valence-electron chi connectivity index (χ3n) is 3.10. The van der Waals surface area contributed by atoms with Crippen LogP contribution in [0.15, 0.2) is 54.7 Å². The molecule has 2 nitrogen and oxygen atoms in total. The number of hydrogen-bond acceptors (Lipinski definition) is 2. The molecule has 2 aromatic heterocycles. The van der Waals surface area contributed by atoms with Crippen molar-refractivity contribution in [1.82, 2.24) is 9.97 Å². The Morgan fingerprint density at radius 1 is 0.842 bits per heavy atom. The Kier molecular flexibility index (Phi) is 3.43. The van der Waals surface area contributed by atoms with Crippen LogP contribution in [-0.2, 0) is 12.8 Å². The average Bonchev–Trinajstić information content (AvgIpc) is 2.46. The van der Waals surface area contributed by atoms with Gasteiger partial charge in [0.2, 0.25) is 0 Å². The maximum atomic E-state index is 5.87. The van der Waals surface area contributed by atoms with Crippen molar-refractivity contribution in [1.29, 1.82) is 0 Å². The van der Waals surface area contributed by atoms with Gasteiger partial charge in [-0.25, -0.2) is 0 Å². The topological polar surface area (TPSA) is 25.8 Å². The van der Waals surface area contributed by atoms with Gasteiger partial charge in [0.15, 0.2) is 0 Å². The Morgan fingerprint density at radius 3 is 2.53 bits per heavy atom. The summed E-state index contributed by atoms with van der Waals surface area (Å²) in [6.07, 6.45) is 3.68. The molecule has 0 radical (unpaired) electrons. The minimum Gasteiger partial charge on any atom is -0.255 e. The Labute approximate surface area is 117 Å². The van der Waals surface area contributed by atoms with Gasteiger partial charge in [0.1, 0.15) is 0 Å². The van der Waals surface area contributed by atoms with Gasteiger partial charge >= 0.3 is 0 Å². The molecule has 0 aliphatic carbocycles. The second-order valence-electron chi connectivity index (χ2n) is 4.47. The summed E-state index contributed by atoms with van der Waals surface area (Å²) >= 11 is 5.87. The van der Waals surface area contributed by atoms with Gasteiger partial charge in [-0.1, -0.05) is 23.7 Å². The first-order valence-corrected chi connectivity index (χ1v) is 6.64. The molecule has 0 unspecified atom stereocenters. The standard InChI is InChI=1S/C16H13ClN2/c17-13-6-3-12(4-7-13)5-8-14-9-10-15-16(19-14)2-1-11-18-15/h1-4,6-7,9-11H,5,8H2. The molecule has 0 atom stereocenters. The number of benzene rings is 1. The van der Waals surface area contributed by atoms with E-state index < -0.39 is 0 Å². The predicted octanol–water partition coefficient (Wildman–Crippen LogP) is 4.07. The van der Waals surface area contributed by atoms with E-state index in [0.29, 0.717) is 0 Å². The zero-order valence-electron chi connectivity index (χ0n) is 10.4. The lowest BCUT2D eigenvalue weighted by Crippen LogP contribution is -1.95. The van der Waals surface area contributed by atoms with E-state index in [4.69, 9.17) is 11.6 Å². The van der Waals surface area contributed by atoms with Crippen molar-refractivity contribution in [3.63, 3.8) is 0 Å². The molecular formula is C16H13ClN2. The van der Waals surface area contributed by atoms with Crippen molar-refractivity contribution in [2.24, 2.45) is 0 Å². The maximum absolute atomic E-state index is 5.87. The highest BCUT2D eigenvalue weighted by Crippen LogP contribution is 2.13. The number of fused-ring (bicyclic) bond motifs is 1. The number of halogens is 1. The van der Waals surface area contributed by atoms with E-state index in [-0.39, 0.29) is 0 Å². The van der Waals surface area contributed by atoms with Crippen LogP contribution in [0.3, 0.4) is 0 Å². The van der Waals surface area contributed by atoms with Crippen molar-refractivity contribution >= 4 is 22.6 Å². The summed E-state index contributed by atoms with van der Waals surface area (Å²) in [6.45, 7) is 0. The van der Waals surface area contributed by atoms with Gasteiger partial charge in [0.05, 0.1) is 11.0 Å². The molecule has 0 amide bonds. The summed E-state index contributed by atoms with van der Waals surface area (Å²) in [5, 5.41) is 0.777. The van der Waals surface area contributed by atoms with Crippen LogP contribution in [0.4, 0.5) is 0 Å². The first-order valence-electron chi connectivity index (χ1n) is 6.26. The third kappa shape index (κ3) is 2.91. The molecule has 0 aliphatic heterocycles. The highest BCUT2D eigenvalue weighted by molar-refractivity contribution is 6.30. The Bertz CT molecular complexity index is 692. The van der Waals surface area contributed by atoms with Crippen LogP contribution in [0.5, 0.6) is 0 Å². The number of nitrogens with zero attached hydrogens (tertiary/aromatic N) is 2. The van der Waals surface area contributed by atoms with Gasteiger partial charge in [-0.05, 0) is 54.8 Å². The minimum absolute atomic E-state index is 0.777. The van der Waals surface area contributed by atoms with Gasteiger partial charge in [-0.2, -0.15) is 0 Å². The third-order valence-corrected chi connectivity index (χ3v) is 3.35. The number of rotatable bonds is 3. The van der Waals surface area contributed by atoms with Crippen LogP contribution in [0, 0.1) is 0 Å². The maximum Gasteiger partial charge on any atom is 0.0889 e. The van der Waals surface area contributed by atoms with Crippen LogP contribution in [-0.4, -0.2) is 9.97 Å². The quantitative estimate of drug-likeness (QED) is 0.716. The summed E-state index contributed by atoms with van der Waals surface area (Å²) in [7, 11) is 0. The lowest BCUT2D eigenvalue weighted by atomic mass is 10.1. The average molecular weight is 269 g/mol. The molecule has 0 aliphatic rings. The van der Waals surface area contributed by atoms with Crippen molar-refractivity contribution < 1.29 is 0 Å². The monoisotopic (exact) mass is 268 g/mol. The van der Waals surface area contributed by atoms with E-state index in [1.54, 1.807) is 6.20 Å². The Hall–Kier alpha value is -1.93. The molecular weight excluding hydrogens is 256 g/mol. The van der Waals surface area contributed by atoms with E-state index in [1.807, 2.05) is 36.4 Å². The van der Waals surface area contributed by atoms with Crippen molar-refractivity contribution in [3.05, 3.63) is 71.0 Å². The SMILES string of the molecule is Clc1ccc(CCc2ccc3ncccc3n2)cc1. The molecule has 3 heteroatoms. The fraction of sp³-hybridized carbons (Fsp3) is 0.125. The van der Waals surface area contributed by atoms with Crippen molar-refractivity contribution in [3.8, 4) is 0 Å². The fourth-order valence-corrected chi connectivity index (χ4v) is 2.19. The summed E-state index contributed by atoms with van der Waals surface area (Å²) in [5.74, 6) is 0. The molecule has 1 aromatic carbocycles. The van der Waals surface area contributed by atoms with Crippen molar-refractivity contribution in [2.45, 2.75) is 12.8 Å². The highest BCUT2D eigenvalue weighted by atomic mass is 35.5. The number of pyridine rings is 2. The van der Waals surface area contributed by atoms with Crippen LogP contribution in [0.25, 0.3) is 11.0 Å². The summed E-state index contributed by atoms with van der Waals surface area (Å²) in [6, 6.07) is 16.0. The van der Waals surface area contributed by atoms with Crippen molar-refractivity contribution in [2.75, 3.05) is 0 Å². The van der Waals surface area contributed by atoms with E-state index in [9.17, 15) is 0 Å². The molecule has 0 bridgehead atoms. The molecule has 0 N–H and O–H groups in total. The van der Waals surface area contributed by atoms with E-state index in [0.717, 1.165) is 34.6 Å². The van der Waals surface area contributed by atoms with Crippen LogP contribution < -0.4 is 0 Å². The van der Waals surface area contributed by atoms with Crippen LogP contribution in [0.2, 0.25) is 5.02 Å². The summed E-state index contributed by atoms with van der Waals surface area (Å²) < 4.78 is 0.